The Labute approximate surface area is 280 Å². The van der Waals surface area contributed by atoms with Crippen LogP contribution in [0.2, 0.25) is 0 Å². The zero-order valence-electron chi connectivity index (χ0n) is 27.3. The van der Waals surface area contributed by atoms with Crippen molar-refractivity contribution in [2.45, 2.75) is 69.3 Å². The Morgan fingerprint density at radius 2 is 1.66 bits per heavy atom. The van der Waals surface area contributed by atoms with Crippen LogP contribution in [0, 0.1) is 5.92 Å². The molecule has 254 valence electrons. The smallest absolute Gasteiger partial charge is 0.410 e. The van der Waals surface area contributed by atoms with Gasteiger partial charge in [-0.3, -0.25) is 4.79 Å². The van der Waals surface area contributed by atoms with Crippen molar-refractivity contribution >= 4 is 54.7 Å². The van der Waals surface area contributed by atoms with E-state index in [9.17, 15) is 18.0 Å². The van der Waals surface area contributed by atoms with E-state index in [0.29, 0.717) is 30.7 Å². The second kappa shape index (κ2) is 14.0. The maximum atomic E-state index is 13.8. The number of morpholine rings is 1. The van der Waals surface area contributed by atoms with Crippen LogP contribution in [0.5, 0.6) is 0 Å². The molecule has 1 atom stereocenters. The lowest BCUT2D eigenvalue weighted by Gasteiger charge is -2.35. The highest BCUT2D eigenvalue weighted by molar-refractivity contribution is 7.89. The highest BCUT2D eigenvalue weighted by Crippen LogP contribution is 2.36. The van der Waals surface area contributed by atoms with Crippen LogP contribution in [0.3, 0.4) is 0 Å². The van der Waals surface area contributed by atoms with Crippen LogP contribution in [0.4, 0.5) is 15.7 Å². The van der Waals surface area contributed by atoms with Gasteiger partial charge in [-0.1, -0.05) is 49.2 Å². The molecule has 0 bridgehead atoms. The van der Waals surface area contributed by atoms with E-state index in [1.807, 2.05) is 12.1 Å². The number of amides is 2. The van der Waals surface area contributed by atoms with Gasteiger partial charge in [-0.15, -0.1) is 0 Å². The highest BCUT2D eigenvalue weighted by atomic mass is 32.2. The first-order chi connectivity index (χ1) is 22.5. The Kier molecular flexibility index (Phi) is 10.0. The molecule has 47 heavy (non-hydrogen) atoms. The molecule has 0 spiro atoms. The number of carbonyl (C=O) groups is 2. The molecule has 2 amide bonds. The molecule has 1 N–H and O–H groups in total. The summed E-state index contributed by atoms with van der Waals surface area (Å²) in [5.41, 5.74) is 0.890. The van der Waals surface area contributed by atoms with E-state index < -0.39 is 27.6 Å². The third-order valence-electron chi connectivity index (χ3n) is 8.98. The minimum absolute atomic E-state index is 0.154. The summed E-state index contributed by atoms with van der Waals surface area (Å²) < 4.78 is 39.4. The SMILES string of the molecule is CC(C)(C)OC(=O)N1CCN(S(=O)(=O)c2ccc(C(CC3CCCC3)C(=O)Nc3nc4ccc(N5CCOCC5)nc4s3)cc2)CC1. The van der Waals surface area contributed by atoms with E-state index >= 15 is 0 Å². The van der Waals surface area contributed by atoms with Crippen LogP contribution in [0.25, 0.3) is 10.3 Å². The van der Waals surface area contributed by atoms with Crippen molar-refractivity contribution in [3.05, 3.63) is 42.0 Å². The Morgan fingerprint density at radius 3 is 2.32 bits per heavy atom. The number of nitrogens with one attached hydrogen (secondary N) is 1. The first kappa shape index (κ1) is 33.6. The second-order valence-electron chi connectivity index (χ2n) is 13.5. The first-order valence-corrected chi connectivity index (χ1v) is 18.7. The van der Waals surface area contributed by atoms with E-state index in [4.69, 9.17) is 14.5 Å². The van der Waals surface area contributed by atoms with Gasteiger partial charge in [0.05, 0.1) is 24.0 Å². The van der Waals surface area contributed by atoms with Crippen LogP contribution in [-0.4, -0.2) is 97.7 Å². The number of benzene rings is 1. The lowest BCUT2D eigenvalue weighted by molar-refractivity contribution is -0.118. The van der Waals surface area contributed by atoms with E-state index in [1.165, 1.54) is 20.5 Å². The lowest BCUT2D eigenvalue weighted by Crippen LogP contribution is -2.51. The van der Waals surface area contributed by atoms with Crippen molar-refractivity contribution < 1.29 is 27.5 Å². The molecule has 1 saturated carbocycles. The summed E-state index contributed by atoms with van der Waals surface area (Å²) in [6.07, 6.45) is 4.74. The second-order valence-corrected chi connectivity index (χ2v) is 16.4. The molecule has 4 heterocycles. The number of ether oxygens (including phenoxy) is 2. The number of piperazine rings is 1. The Bertz CT molecular complexity index is 1670. The van der Waals surface area contributed by atoms with Crippen molar-refractivity contribution in [2.24, 2.45) is 5.92 Å². The maximum Gasteiger partial charge on any atom is 0.410 e. The van der Waals surface area contributed by atoms with Crippen molar-refractivity contribution in [1.82, 2.24) is 19.2 Å². The Morgan fingerprint density at radius 1 is 0.979 bits per heavy atom. The van der Waals surface area contributed by atoms with Crippen LogP contribution in [0.1, 0.15) is 64.4 Å². The van der Waals surface area contributed by atoms with Crippen molar-refractivity contribution in [2.75, 3.05) is 62.7 Å². The molecule has 2 aliphatic heterocycles. The topological polar surface area (TPSA) is 134 Å². The minimum Gasteiger partial charge on any atom is -0.444 e. The van der Waals surface area contributed by atoms with Gasteiger partial charge in [0.2, 0.25) is 15.9 Å². The Balaban J connectivity index is 1.15. The molecule has 1 unspecified atom stereocenters. The average molecular weight is 685 g/mol. The van der Waals surface area contributed by atoms with Gasteiger partial charge in [-0.2, -0.15) is 4.31 Å². The third kappa shape index (κ3) is 8.04. The van der Waals surface area contributed by atoms with Gasteiger partial charge in [0, 0.05) is 39.3 Å². The van der Waals surface area contributed by atoms with Crippen molar-refractivity contribution in [1.29, 1.82) is 0 Å². The molecule has 0 radical (unpaired) electrons. The number of aromatic nitrogens is 2. The van der Waals surface area contributed by atoms with Gasteiger partial charge in [0.15, 0.2) is 5.13 Å². The number of anilines is 2. The van der Waals surface area contributed by atoms with Crippen LogP contribution in [0.15, 0.2) is 41.3 Å². The van der Waals surface area contributed by atoms with Crippen molar-refractivity contribution in [3.63, 3.8) is 0 Å². The van der Waals surface area contributed by atoms with Crippen LogP contribution < -0.4 is 10.2 Å². The number of fused-ring (bicyclic) bond motifs is 1. The van der Waals surface area contributed by atoms with E-state index in [0.717, 1.165) is 60.5 Å². The normalized spacial score (nSPS) is 19.2. The molecule has 14 heteroatoms. The quantitative estimate of drug-likeness (QED) is 0.345. The number of rotatable bonds is 8. The largest absolute Gasteiger partial charge is 0.444 e. The van der Waals surface area contributed by atoms with Gasteiger partial charge >= 0.3 is 6.09 Å². The molecule has 2 saturated heterocycles. The number of carbonyl (C=O) groups excluding carboxylic acids is 2. The summed E-state index contributed by atoms with van der Waals surface area (Å²) in [5, 5.41) is 3.55. The summed E-state index contributed by atoms with van der Waals surface area (Å²) in [4.78, 5) is 40.4. The number of nitrogens with zero attached hydrogens (tertiary/aromatic N) is 5. The molecule has 1 aliphatic carbocycles. The fourth-order valence-electron chi connectivity index (χ4n) is 6.45. The van der Waals surface area contributed by atoms with Crippen LogP contribution in [-0.2, 0) is 24.3 Å². The summed E-state index contributed by atoms with van der Waals surface area (Å²) in [5.74, 6) is 0.708. The lowest BCUT2D eigenvalue weighted by atomic mass is 9.87. The Hall–Kier alpha value is -3.33. The molecule has 1 aromatic carbocycles. The fraction of sp³-hybridized carbons (Fsp3) is 0.576. The molecule has 12 nitrogen and oxygen atoms in total. The minimum atomic E-state index is -3.78. The van der Waals surface area contributed by atoms with Crippen molar-refractivity contribution in [3.8, 4) is 0 Å². The molecule has 3 aliphatic rings. The standard InChI is InChI=1S/C33H44N6O6S2/c1-33(2,3)45-32(41)38-14-16-39(17-15-38)47(42,43)25-10-8-24(9-11-25)26(22-23-6-4-5-7-23)29(40)36-31-34-27-12-13-28(35-30(27)46-31)37-18-20-44-21-19-37/h8-13,23,26H,4-7,14-22H2,1-3H3,(H,34,36,40). The number of pyridine rings is 1. The number of hydrogen-bond acceptors (Lipinski definition) is 10. The average Bonchev–Trinajstić information content (AvgIpc) is 3.72. The summed E-state index contributed by atoms with van der Waals surface area (Å²) in [6.45, 7) is 9.20. The number of hydrogen-bond donors (Lipinski definition) is 1. The molecule has 6 rings (SSSR count). The number of sulfonamides is 1. The summed E-state index contributed by atoms with van der Waals surface area (Å²) in [7, 11) is -3.78. The van der Waals surface area contributed by atoms with Gasteiger partial charge in [-0.25, -0.2) is 23.2 Å². The maximum absolute atomic E-state index is 13.8. The molecule has 3 aromatic rings. The van der Waals surface area contributed by atoms with E-state index in [1.54, 1.807) is 45.0 Å². The first-order valence-electron chi connectivity index (χ1n) is 16.5. The molecule has 2 aromatic heterocycles. The van der Waals surface area contributed by atoms with Gasteiger partial charge in [0.1, 0.15) is 21.8 Å². The highest BCUT2D eigenvalue weighted by Gasteiger charge is 2.33. The van der Waals surface area contributed by atoms with Gasteiger partial charge in [-0.05, 0) is 62.9 Å². The summed E-state index contributed by atoms with van der Waals surface area (Å²) in [6, 6.07) is 10.6. The van der Waals surface area contributed by atoms with Crippen LogP contribution >= 0.6 is 11.3 Å². The van der Waals surface area contributed by atoms with Gasteiger partial charge < -0.3 is 24.6 Å². The van der Waals surface area contributed by atoms with Gasteiger partial charge in [0.25, 0.3) is 0 Å². The monoisotopic (exact) mass is 684 g/mol. The summed E-state index contributed by atoms with van der Waals surface area (Å²) >= 11 is 1.36. The predicted octanol–water partition coefficient (Wildman–Crippen LogP) is 5.07. The third-order valence-corrected chi connectivity index (χ3v) is 11.8. The molecular weight excluding hydrogens is 641 g/mol. The number of thiazole rings is 1. The zero-order chi connectivity index (χ0) is 33.2. The van der Waals surface area contributed by atoms with E-state index in [-0.39, 0.29) is 37.0 Å². The van der Waals surface area contributed by atoms with E-state index in [2.05, 4.69) is 15.2 Å². The fourth-order valence-corrected chi connectivity index (χ4v) is 8.71. The zero-order valence-corrected chi connectivity index (χ0v) is 28.9. The molecular formula is C33H44N6O6S2. The molecule has 3 fully saturated rings. The predicted molar refractivity (Wildman–Crippen MR) is 181 cm³/mol.